The van der Waals surface area contributed by atoms with E-state index in [4.69, 9.17) is 9.79 Å². The van der Waals surface area contributed by atoms with E-state index in [-0.39, 0.29) is 6.16 Å². The van der Waals surface area contributed by atoms with E-state index < -0.39 is 7.60 Å². The van der Waals surface area contributed by atoms with Gasteiger partial charge in [0.15, 0.2) is 0 Å². The number of hydrogen-bond acceptors (Lipinski definition) is 3. The van der Waals surface area contributed by atoms with Gasteiger partial charge < -0.3 is 9.42 Å². The van der Waals surface area contributed by atoms with Crippen molar-refractivity contribution < 1.29 is 14.0 Å². The van der Waals surface area contributed by atoms with Crippen molar-refractivity contribution in [3.05, 3.63) is 35.4 Å². The molecule has 0 radical (unpaired) electrons. The number of unbranched alkanes of at least 4 members (excludes halogenated alkanes) is 1. The van der Waals surface area contributed by atoms with Gasteiger partial charge in [0.25, 0.3) is 0 Å². The summed E-state index contributed by atoms with van der Waals surface area (Å²) in [6.07, 6.45) is 1.69. The fraction of sp³-hybridized carbons (Fsp3) is 0.417. The summed E-state index contributed by atoms with van der Waals surface area (Å²) in [6.45, 7) is 2.30. The molecular weight excluding hydrogens is 237 g/mol. The number of hydrogen-bond donors (Lipinski definition) is 1. The first kappa shape index (κ1) is 13.9. The van der Waals surface area contributed by atoms with Gasteiger partial charge in [-0.3, -0.25) is 4.57 Å². The monoisotopic (exact) mass is 253 g/mol. The Balaban J connectivity index is 2.57. The van der Waals surface area contributed by atoms with Gasteiger partial charge in [-0.25, -0.2) is 0 Å². The van der Waals surface area contributed by atoms with Crippen molar-refractivity contribution in [1.29, 1.82) is 5.26 Å². The van der Waals surface area contributed by atoms with E-state index in [0.29, 0.717) is 17.7 Å². The van der Waals surface area contributed by atoms with Crippen LogP contribution in [0.4, 0.5) is 0 Å². The third kappa shape index (κ3) is 5.14. The minimum absolute atomic E-state index is 0.0115. The van der Waals surface area contributed by atoms with Crippen molar-refractivity contribution in [2.75, 3.05) is 6.61 Å². The van der Waals surface area contributed by atoms with Crippen LogP contribution in [0, 0.1) is 11.3 Å². The highest BCUT2D eigenvalue weighted by molar-refractivity contribution is 7.51. The van der Waals surface area contributed by atoms with Crippen molar-refractivity contribution >= 4 is 7.60 Å². The lowest BCUT2D eigenvalue weighted by molar-refractivity contribution is 0.254. The molecule has 92 valence electrons. The SMILES string of the molecule is CCCCOP(=O)(O)Cc1ccc(C#N)cc1. The second kappa shape index (κ2) is 6.56. The van der Waals surface area contributed by atoms with Crippen LogP contribution >= 0.6 is 7.60 Å². The normalized spacial score (nSPS) is 13.9. The Labute approximate surface area is 101 Å². The molecule has 1 N–H and O–H groups in total. The van der Waals surface area contributed by atoms with Crippen LogP contribution < -0.4 is 0 Å². The quantitative estimate of drug-likeness (QED) is 0.624. The predicted octanol–water partition coefficient (Wildman–Crippen LogP) is 3.06. The van der Waals surface area contributed by atoms with Crippen LogP contribution in [0.3, 0.4) is 0 Å². The highest BCUT2D eigenvalue weighted by atomic mass is 31.2. The number of rotatable bonds is 6. The van der Waals surface area contributed by atoms with Crippen LogP contribution in [-0.2, 0) is 15.3 Å². The molecule has 0 fully saturated rings. The summed E-state index contributed by atoms with van der Waals surface area (Å²) in [6, 6.07) is 8.59. The third-order valence-corrected chi connectivity index (χ3v) is 3.61. The molecule has 1 aromatic carbocycles. The molecule has 0 bridgehead atoms. The molecule has 0 heterocycles. The Hall–Kier alpha value is -1.14. The van der Waals surface area contributed by atoms with Crippen molar-refractivity contribution in [2.45, 2.75) is 25.9 Å². The van der Waals surface area contributed by atoms with Gasteiger partial charge in [-0.15, -0.1) is 0 Å². The highest BCUT2D eigenvalue weighted by Crippen LogP contribution is 2.45. The Morgan fingerprint density at radius 1 is 1.41 bits per heavy atom. The first-order chi connectivity index (χ1) is 8.07. The number of nitriles is 1. The molecule has 17 heavy (non-hydrogen) atoms. The molecule has 0 aliphatic heterocycles. The summed E-state index contributed by atoms with van der Waals surface area (Å²) in [5.41, 5.74) is 1.24. The van der Waals surface area contributed by atoms with Crippen LogP contribution in [0.25, 0.3) is 0 Å². The lowest BCUT2D eigenvalue weighted by Gasteiger charge is -2.11. The van der Waals surface area contributed by atoms with Gasteiger partial charge in [0, 0.05) is 0 Å². The average Bonchev–Trinajstić information content (AvgIpc) is 2.30. The first-order valence-corrected chi connectivity index (χ1v) is 7.29. The third-order valence-electron chi connectivity index (χ3n) is 2.26. The zero-order chi connectivity index (χ0) is 12.7. The summed E-state index contributed by atoms with van der Waals surface area (Å²) in [5, 5.41) is 8.63. The minimum atomic E-state index is -3.55. The molecule has 0 aliphatic rings. The molecule has 0 saturated carbocycles. The lowest BCUT2D eigenvalue weighted by atomic mass is 10.2. The zero-order valence-electron chi connectivity index (χ0n) is 9.80. The van der Waals surface area contributed by atoms with E-state index in [1.54, 1.807) is 24.3 Å². The standard InChI is InChI=1S/C12H16NO3P/c1-2-3-8-16-17(14,15)10-12-6-4-11(9-13)5-7-12/h4-7H,2-3,8,10H2,1H3,(H,14,15). The van der Waals surface area contributed by atoms with E-state index in [2.05, 4.69) is 0 Å². The van der Waals surface area contributed by atoms with E-state index in [1.165, 1.54) is 0 Å². The fourth-order valence-corrected chi connectivity index (χ4v) is 2.49. The molecule has 4 nitrogen and oxygen atoms in total. The summed E-state index contributed by atoms with van der Waals surface area (Å²) >= 11 is 0. The highest BCUT2D eigenvalue weighted by Gasteiger charge is 2.19. The molecule has 0 aromatic heterocycles. The topological polar surface area (TPSA) is 70.3 Å². The number of benzene rings is 1. The van der Waals surface area contributed by atoms with E-state index in [0.717, 1.165) is 12.8 Å². The van der Waals surface area contributed by atoms with Gasteiger partial charge in [-0.05, 0) is 24.1 Å². The molecule has 1 rings (SSSR count). The average molecular weight is 253 g/mol. The second-order valence-electron chi connectivity index (χ2n) is 3.79. The minimum Gasteiger partial charge on any atom is -0.324 e. The summed E-state index contributed by atoms with van der Waals surface area (Å²) in [4.78, 5) is 9.59. The lowest BCUT2D eigenvalue weighted by Crippen LogP contribution is -1.96. The molecule has 5 heteroatoms. The van der Waals surface area contributed by atoms with Crippen LogP contribution in [0.15, 0.2) is 24.3 Å². The van der Waals surface area contributed by atoms with Gasteiger partial charge >= 0.3 is 7.60 Å². The van der Waals surface area contributed by atoms with Crippen molar-refractivity contribution in [1.82, 2.24) is 0 Å². The Morgan fingerprint density at radius 2 is 2.06 bits per heavy atom. The second-order valence-corrected chi connectivity index (χ2v) is 5.64. The molecule has 0 spiro atoms. The van der Waals surface area contributed by atoms with Gasteiger partial charge in [0.2, 0.25) is 0 Å². The predicted molar refractivity (Wildman–Crippen MR) is 65.5 cm³/mol. The van der Waals surface area contributed by atoms with Crippen LogP contribution in [-0.4, -0.2) is 11.5 Å². The summed E-state index contributed by atoms with van der Waals surface area (Å²) in [7, 11) is -3.55. The Kier molecular flexibility index (Phi) is 5.37. The van der Waals surface area contributed by atoms with Crippen LogP contribution in [0.2, 0.25) is 0 Å². The smallest absolute Gasteiger partial charge is 0.324 e. The molecule has 1 aromatic rings. The molecule has 1 unspecified atom stereocenters. The maximum atomic E-state index is 11.7. The zero-order valence-corrected chi connectivity index (χ0v) is 10.7. The fourth-order valence-electron chi connectivity index (χ4n) is 1.31. The molecule has 0 aliphatic carbocycles. The van der Waals surface area contributed by atoms with E-state index >= 15 is 0 Å². The first-order valence-electron chi connectivity index (χ1n) is 5.53. The number of nitrogens with zero attached hydrogens (tertiary/aromatic N) is 1. The maximum absolute atomic E-state index is 11.7. The molecule has 0 saturated heterocycles. The largest absolute Gasteiger partial charge is 0.332 e. The summed E-state index contributed by atoms with van der Waals surface area (Å²) in [5.74, 6) is 0. The molecule has 1 atom stereocenters. The van der Waals surface area contributed by atoms with Gasteiger partial charge in [-0.1, -0.05) is 25.5 Å². The van der Waals surface area contributed by atoms with Gasteiger partial charge in [0.05, 0.1) is 24.4 Å². The van der Waals surface area contributed by atoms with Crippen molar-refractivity contribution in [3.8, 4) is 6.07 Å². The van der Waals surface area contributed by atoms with E-state index in [9.17, 15) is 9.46 Å². The molecular formula is C12H16NO3P. The Morgan fingerprint density at radius 3 is 2.59 bits per heavy atom. The van der Waals surface area contributed by atoms with Gasteiger partial charge in [-0.2, -0.15) is 5.26 Å². The molecule has 0 amide bonds. The maximum Gasteiger partial charge on any atom is 0.332 e. The van der Waals surface area contributed by atoms with Crippen LogP contribution in [0.1, 0.15) is 30.9 Å². The van der Waals surface area contributed by atoms with Crippen molar-refractivity contribution in [3.63, 3.8) is 0 Å². The summed E-state index contributed by atoms with van der Waals surface area (Å²) < 4.78 is 16.7. The van der Waals surface area contributed by atoms with Crippen molar-refractivity contribution in [2.24, 2.45) is 0 Å². The van der Waals surface area contributed by atoms with Gasteiger partial charge in [0.1, 0.15) is 0 Å². The van der Waals surface area contributed by atoms with Crippen LogP contribution in [0.5, 0.6) is 0 Å². The Bertz CT molecular complexity index is 436. The van der Waals surface area contributed by atoms with E-state index in [1.807, 2.05) is 13.0 Å².